The molecule has 7 nitrogen and oxygen atoms in total. The topological polar surface area (TPSA) is 95.9 Å². The lowest BCUT2D eigenvalue weighted by Gasteiger charge is -2.48. The Morgan fingerprint density at radius 1 is 1.03 bits per heavy atom. The number of carbonyl (C=O) groups is 3. The van der Waals surface area contributed by atoms with Gasteiger partial charge in [-0.05, 0) is 92.3 Å². The predicted molar refractivity (Wildman–Crippen MR) is 133 cm³/mol. The van der Waals surface area contributed by atoms with E-state index in [0.717, 1.165) is 6.42 Å². The molecule has 2 fully saturated rings. The Labute approximate surface area is 207 Å². The summed E-state index contributed by atoms with van der Waals surface area (Å²) in [6, 6.07) is 4.31. The van der Waals surface area contributed by atoms with E-state index in [-0.39, 0.29) is 40.1 Å². The van der Waals surface area contributed by atoms with E-state index >= 15 is 0 Å². The SMILES string of the molecule is CC(C)=C1CCC(C)(O)C(OC(=O)c2ccc3c(c2)C(=O)N(C2CC(C)(C)NC(C)(C)C2)C3=O)C1. The largest absolute Gasteiger partial charge is 0.455 e. The van der Waals surface area contributed by atoms with E-state index < -0.39 is 17.7 Å². The third-order valence-corrected chi connectivity index (χ3v) is 7.70. The molecule has 35 heavy (non-hydrogen) atoms. The number of piperidine rings is 1. The van der Waals surface area contributed by atoms with Gasteiger partial charge in [-0.15, -0.1) is 0 Å². The van der Waals surface area contributed by atoms with Crippen LogP contribution >= 0.6 is 0 Å². The van der Waals surface area contributed by atoms with Crippen molar-refractivity contribution < 1.29 is 24.2 Å². The van der Waals surface area contributed by atoms with Gasteiger partial charge in [0.25, 0.3) is 11.8 Å². The highest BCUT2D eigenvalue weighted by molar-refractivity contribution is 6.22. The van der Waals surface area contributed by atoms with Crippen molar-refractivity contribution in [2.45, 2.75) is 109 Å². The molecule has 7 heteroatoms. The number of amides is 2. The molecule has 2 aliphatic heterocycles. The van der Waals surface area contributed by atoms with Crippen LogP contribution in [0.1, 0.15) is 112 Å². The first-order chi connectivity index (χ1) is 16.1. The molecule has 0 aromatic heterocycles. The highest BCUT2D eigenvalue weighted by atomic mass is 16.6. The molecule has 0 spiro atoms. The molecule has 2 unspecified atom stereocenters. The van der Waals surface area contributed by atoms with Crippen LogP contribution in [0.3, 0.4) is 0 Å². The summed E-state index contributed by atoms with van der Waals surface area (Å²) in [5.41, 5.74) is 1.55. The highest BCUT2D eigenvalue weighted by Gasteiger charge is 2.47. The van der Waals surface area contributed by atoms with Crippen LogP contribution in [0.25, 0.3) is 0 Å². The van der Waals surface area contributed by atoms with Crippen molar-refractivity contribution in [2.75, 3.05) is 0 Å². The van der Waals surface area contributed by atoms with Crippen molar-refractivity contribution in [2.24, 2.45) is 0 Å². The average Bonchev–Trinajstić information content (AvgIpc) is 2.96. The maximum Gasteiger partial charge on any atom is 0.338 e. The van der Waals surface area contributed by atoms with E-state index in [1.165, 1.54) is 28.2 Å². The lowest BCUT2D eigenvalue weighted by molar-refractivity contribution is -0.0872. The molecule has 2 atom stereocenters. The number of nitrogens with zero attached hydrogens (tertiary/aromatic N) is 1. The fraction of sp³-hybridized carbons (Fsp3) is 0.607. The number of carbonyl (C=O) groups excluding carboxylic acids is 3. The second-order valence-electron chi connectivity index (χ2n) is 12.3. The molecule has 1 saturated heterocycles. The number of nitrogens with one attached hydrogen (secondary N) is 1. The fourth-order valence-electron chi connectivity index (χ4n) is 6.10. The number of ether oxygens (including phenoxy) is 1. The van der Waals surface area contributed by atoms with Crippen LogP contribution in [0.4, 0.5) is 0 Å². The number of rotatable bonds is 3. The fourth-order valence-corrected chi connectivity index (χ4v) is 6.10. The third kappa shape index (κ3) is 4.94. The Balaban J connectivity index is 1.56. The van der Waals surface area contributed by atoms with E-state index in [1.54, 1.807) is 13.0 Å². The Morgan fingerprint density at radius 2 is 1.63 bits per heavy atom. The average molecular weight is 483 g/mol. The summed E-state index contributed by atoms with van der Waals surface area (Å²) < 4.78 is 5.75. The van der Waals surface area contributed by atoms with Crippen LogP contribution in [-0.2, 0) is 4.74 Å². The van der Waals surface area contributed by atoms with Crippen LogP contribution < -0.4 is 5.32 Å². The van der Waals surface area contributed by atoms with Gasteiger partial charge < -0.3 is 15.2 Å². The second kappa shape index (κ2) is 8.56. The van der Waals surface area contributed by atoms with E-state index in [1.807, 2.05) is 13.8 Å². The standard InChI is InChI=1S/C28H38N2O5/c1-16(2)17-10-11-28(7,34)22(13-17)35-25(33)18-8-9-20-21(12-18)24(32)30(23(20)31)19-14-26(3,4)29-27(5,6)15-19/h8-9,12,19,22,29,34H,10-11,13-15H2,1-7H3. The molecule has 1 aliphatic carbocycles. The minimum absolute atomic E-state index is 0.206. The van der Waals surface area contributed by atoms with E-state index in [0.29, 0.717) is 31.2 Å². The van der Waals surface area contributed by atoms with Gasteiger partial charge in [0.05, 0.1) is 22.3 Å². The van der Waals surface area contributed by atoms with Crippen molar-refractivity contribution in [1.29, 1.82) is 0 Å². The number of imide groups is 1. The molecule has 1 saturated carbocycles. The van der Waals surface area contributed by atoms with E-state index in [9.17, 15) is 19.5 Å². The highest BCUT2D eigenvalue weighted by Crippen LogP contribution is 2.37. The quantitative estimate of drug-likeness (QED) is 0.377. The van der Waals surface area contributed by atoms with Gasteiger partial charge in [0.1, 0.15) is 6.10 Å². The minimum atomic E-state index is -1.12. The summed E-state index contributed by atoms with van der Waals surface area (Å²) in [4.78, 5) is 41.1. The lowest BCUT2D eigenvalue weighted by Crippen LogP contribution is -2.62. The second-order valence-corrected chi connectivity index (χ2v) is 12.3. The molecule has 1 aromatic rings. The van der Waals surface area contributed by atoms with Gasteiger partial charge >= 0.3 is 5.97 Å². The van der Waals surface area contributed by atoms with Gasteiger partial charge in [-0.1, -0.05) is 11.1 Å². The van der Waals surface area contributed by atoms with Gasteiger partial charge in [-0.25, -0.2) is 4.79 Å². The van der Waals surface area contributed by atoms with Crippen LogP contribution in [0.5, 0.6) is 0 Å². The Morgan fingerprint density at radius 3 is 2.23 bits per heavy atom. The summed E-state index contributed by atoms with van der Waals surface area (Å²) >= 11 is 0. The molecule has 4 rings (SSSR count). The van der Waals surface area contributed by atoms with Crippen molar-refractivity contribution in [3.05, 3.63) is 46.0 Å². The smallest absolute Gasteiger partial charge is 0.338 e. The zero-order valence-electron chi connectivity index (χ0n) is 21.9. The van der Waals surface area contributed by atoms with Crippen LogP contribution in [0.15, 0.2) is 29.3 Å². The molecule has 1 aromatic carbocycles. The molecule has 3 aliphatic rings. The molecule has 2 amide bonds. The Kier molecular flexibility index (Phi) is 6.25. The summed E-state index contributed by atoms with van der Waals surface area (Å²) in [7, 11) is 0. The van der Waals surface area contributed by atoms with Crippen molar-refractivity contribution >= 4 is 17.8 Å². The van der Waals surface area contributed by atoms with Crippen molar-refractivity contribution in [3.8, 4) is 0 Å². The number of hydrogen-bond acceptors (Lipinski definition) is 6. The first-order valence-corrected chi connectivity index (χ1v) is 12.5. The molecule has 0 bridgehead atoms. The zero-order valence-corrected chi connectivity index (χ0v) is 21.9. The summed E-state index contributed by atoms with van der Waals surface area (Å²) in [5.74, 6) is -1.28. The third-order valence-electron chi connectivity index (χ3n) is 7.70. The minimum Gasteiger partial charge on any atom is -0.455 e. The maximum absolute atomic E-state index is 13.4. The number of benzene rings is 1. The Hall–Kier alpha value is -2.51. The van der Waals surface area contributed by atoms with Gasteiger partial charge in [0.15, 0.2) is 0 Å². The van der Waals surface area contributed by atoms with Gasteiger partial charge in [0, 0.05) is 23.5 Å². The number of allylic oxidation sites excluding steroid dienone is 1. The van der Waals surface area contributed by atoms with Gasteiger partial charge in [-0.2, -0.15) is 0 Å². The van der Waals surface area contributed by atoms with Crippen molar-refractivity contribution in [1.82, 2.24) is 10.2 Å². The van der Waals surface area contributed by atoms with Gasteiger partial charge in [-0.3, -0.25) is 14.5 Å². The van der Waals surface area contributed by atoms with Crippen LogP contribution in [-0.4, -0.2) is 56.6 Å². The molecule has 0 radical (unpaired) electrons. The number of esters is 1. The zero-order chi connectivity index (χ0) is 25.9. The van der Waals surface area contributed by atoms with Crippen LogP contribution in [0.2, 0.25) is 0 Å². The van der Waals surface area contributed by atoms with E-state index in [2.05, 4.69) is 33.0 Å². The summed E-state index contributed by atoms with van der Waals surface area (Å²) in [5, 5.41) is 14.4. The lowest BCUT2D eigenvalue weighted by atomic mass is 9.79. The predicted octanol–water partition coefficient (Wildman–Crippen LogP) is 4.39. The molecular formula is C28H38N2O5. The normalized spacial score (nSPS) is 28.2. The maximum atomic E-state index is 13.4. The molecule has 190 valence electrons. The molecule has 2 heterocycles. The number of fused-ring (bicyclic) bond motifs is 1. The van der Waals surface area contributed by atoms with Crippen LogP contribution in [0, 0.1) is 0 Å². The molecule has 2 N–H and O–H groups in total. The summed E-state index contributed by atoms with van der Waals surface area (Å²) in [6.07, 6.45) is 2.41. The monoisotopic (exact) mass is 482 g/mol. The first kappa shape index (κ1) is 25.6. The van der Waals surface area contributed by atoms with Crippen molar-refractivity contribution in [3.63, 3.8) is 0 Å². The summed E-state index contributed by atoms with van der Waals surface area (Å²) in [6.45, 7) is 14.0. The number of hydrogen-bond donors (Lipinski definition) is 2. The first-order valence-electron chi connectivity index (χ1n) is 12.5. The van der Waals surface area contributed by atoms with Gasteiger partial charge in [0.2, 0.25) is 0 Å². The number of aliphatic hydroxyl groups is 1. The Bertz CT molecular complexity index is 1090. The van der Waals surface area contributed by atoms with E-state index in [4.69, 9.17) is 4.74 Å². The molecular weight excluding hydrogens is 444 g/mol.